The van der Waals surface area contributed by atoms with Crippen LogP contribution < -0.4 is 5.32 Å². The molecule has 1 saturated heterocycles. The van der Waals surface area contributed by atoms with Crippen molar-refractivity contribution in [3.8, 4) is 0 Å². The van der Waals surface area contributed by atoms with Gasteiger partial charge >= 0.3 is 0 Å². The largest absolute Gasteiger partial charge is 0.313 e. The molecule has 2 fully saturated rings. The highest BCUT2D eigenvalue weighted by atomic mass is 15.1. The van der Waals surface area contributed by atoms with Crippen molar-refractivity contribution in [2.45, 2.75) is 64.3 Å². The summed E-state index contributed by atoms with van der Waals surface area (Å²) in [6.45, 7) is 7.50. The fourth-order valence-electron chi connectivity index (χ4n) is 3.35. The third kappa shape index (κ3) is 4.59. The molecule has 2 rings (SSSR count). The molecule has 2 nitrogen and oxygen atoms in total. The number of nitrogens with zero attached hydrogens (tertiary/aromatic N) is 1. The maximum atomic E-state index is 3.75. The van der Waals surface area contributed by atoms with Crippen molar-refractivity contribution in [1.29, 1.82) is 0 Å². The summed E-state index contributed by atoms with van der Waals surface area (Å²) in [7, 11) is 0. The van der Waals surface area contributed by atoms with Crippen LogP contribution in [0.15, 0.2) is 0 Å². The van der Waals surface area contributed by atoms with E-state index in [4.69, 9.17) is 0 Å². The van der Waals surface area contributed by atoms with Gasteiger partial charge in [-0.1, -0.05) is 32.6 Å². The van der Waals surface area contributed by atoms with Gasteiger partial charge in [-0.25, -0.2) is 0 Å². The SMILES string of the molecule is CCC1CCN(CCNC2CCCCC2)CC1. The minimum Gasteiger partial charge on any atom is -0.313 e. The summed E-state index contributed by atoms with van der Waals surface area (Å²) in [4.78, 5) is 2.65. The lowest BCUT2D eigenvalue weighted by Crippen LogP contribution is -2.41. The van der Waals surface area contributed by atoms with E-state index in [2.05, 4.69) is 17.1 Å². The number of hydrogen-bond donors (Lipinski definition) is 1. The topological polar surface area (TPSA) is 15.3 Å². The molecule has 1 saturated carbocycles. The van der Waals surface area contributed by atoms with Gasteiger partial charge in [-0.05, 0) is 44.7 Å². The molecule has 1 aliphatic carbocycles. The lowest BCUT2D eigenvalue weighted by molar-refractivity contribution is 0.179. The summed E-state index contributed by atoms with van der Waals surface area (Å²) in [6, 6.07) is 0.830. The molecule has 0 aromatic rings. The Balaban J connectivity index is 1.53. The van der Waals surface area contributed by atoms with E-state index in [1.54, 1.807) is 0 Å². The Morgan fingerprint density at radius 2 is 1.71 bits per heavy atom. The van der Waals surface area contributed by atoms with Gasteiger partial charge in [0.2, 0.25) is 0 Å². The van der Waals surface area contributed by atoms with Gasteiger partial charge in [-0.3, -0.25) is 0 Å². The number of piperidine rings is 1. The van der Waals surface area contributed by atoms with Crippen molar-refractivity contribution in [3.05, 3.63) is 0 Å². The van der Waals surface area contributed by atoms with Crippen LogP contribution in [0.4, 0.5) is 0 Å². The molecule has 1 aliphatic heterocycles. The first-order valence-electron chi connectivity index (χ1n) is 7.84. The van der Waals surface area contributed by atoms with Crippen LogP contribution in [0.1, 0.15) is 58.3 Å². The molecule has 1 N–H and O–H groups in total. The van der Waals surface area contributed by atoms with Gasteiger partial charge in [0, 0.05) is 19.1 Å². The standard InChI is InChI=1S/C15H30N2/c1-2-14-8-11-17(12-9-14)13-10-16-15-6-4-3-5-7-15/h14-16H,2-13H2,1H3. The molecular formula is C15H30N2. The predicted molar refractivity (Wildman–Crippen MR) is 74.3 cm³/mol. The van der Waals surface area contributed by atoms with Crippen molar-refractivity contribution >= 4 is 0 Å². The Morgan fingerprint density at radius 1 is 1.00 bits per heavy atom. The summed E-state index contributed by atoms with van der Waals surface area (Å²) in [5, 5.41) is 3.75. The zero-order valence-electron chi connectivity index (χ0n) is 11.6. The number of hydrogen-bond acceptors (Lipinski definition) is 2. The van der Waals surface area contributed by atoms with E-state index in [-0.39, 0.29) is 0 Å². The Kier molecular flexibility index (Phi) is 5.79. The molecule has 1 heterocycles. The first-order valence-corrected chi connectivity index (χ1v) is 7.84. The van der Waals surface area contributed by atoms with Crippen molar-refractivity contribution in [2.75, 3.05) is 26.2 Å². The van der Waals surface area contributed by atoms with Crippen LogP contribution in [-0.4, -0.2) is 37.1 Å². The minimum atomic E-state index is 0.830. The number of nitrogens with one attached hydrogen (secondary N) is 1. The van der Waals surface area contributed by atoms with Gasteiger partial charge in [0.15, 0.2) is 0 Å². The Morgan fingerprint density at radius 3 is 2.35 bits per heavy atom. The molecule has 0 unspecified atom stereocenters. The molecule has 0 aromatic heterocycles. The van der Waals surface area contributed by atoms with Crippen molar-refractivity contribution in [3.63, 3.8) is 0 Å². The highest BCUT2D eigenvalue weighted by molar-refractivity contribution is 4.75. The highest BCUT2D eigenvalue weighted by Crippen LogP contribution is 2.20. The fraction of sp³-hybridized carbons (Fsp3) is 1.00. The first kappa shape index (κ1) is 13.4. The Hall–Kier alpha value is -0.0800. The van der Waals surface area contributed by atoms with E-state index < -0.39 is 0 Å². The van der Waals surface area contributed by atoms with E-state index in [0.717, 1.165) is 12.0 Å². The van der Waals surface area contributed by atoms with Crippen molar-refractivity contribution in [2.24, 2.45) is 5.92 Å². The lowest BCUT2D eigenvalue weighted by atomic mass is 9.94. The molecule has 17 heavy (non-hydrogen) atoms. The van der Waals surface area contributed by atoms with Gasteiger partial charge in [0.1, 0.15) is 0 Å². The summed E-state index contributed by atoms with van der Waals surface area (Å²) >= 11 is 0. The van der Waals surface area contributed by atoms with Crippen LogP contribution in [-0.2, 0) is 0 Å². The molecular weight excluding hydrogens is 208 g/mol. The summed E-state index contributed by atoms with van der Waals surface area (Å²) in [5.74, 6) is 1.01. The first-order chi connectivity index (χ1) is 8.38. The predicted octanol–water partition coefficient (Wildman–Crippen LogP) is 3.03. The summed E-state index contributed by atoms with van der Waals surface area (Å²) in [5.41, 5.74) is 0. The Labute approximate surface area is 107 Å². The number of rotatable bonds is 5. The van der Waals surface area contributed by atoms with E-state index in [9.17, 15) is 0 Å². The normalized spacial score (nSPS) is 25.2. The third-order valence-corrected chi connectivity index (χ3v) is 4.75. The summed E-state index contributed by atoms with van der Waals surface area (Å²) in [6.07, 6.45) is 11.4. The zero-order valence-corrected chi connectivity index (χ0v) is 11.6. The van der Waals surface area contributed by atoms with Crippen LogP contribution in [0, 0.1) is 5.92 Å². The smallest absolute Gasteiger partial charge is 0.0107 e. The van der Waals surface area contributed by atoms with Crippen molar-refractivity contribution in [1.82, 2.24) is 10.2 Å². The monoisotopic (exact) mass is 238 g/mol. The van der Waals surface area contributed by atoms with E-state index >= 15 is 0 Å². The molecule has 100 valence electrons. The van der Waals surface area contributed by atoms with Crippen molar-refractivity contribution < 1.29 is 0 Å². The third-order valence-electron chi connectivity index (χ3n) is 4.75. The lowest BCUT2D eigenvalue weighted by Gasteiger charge is -2.32. The second-order valence-corrected chi connectivity index (χ2v) is 5.98. The Bertz CT molecular complexity index is 191. The van der Waals surface area contributed by atoms with Gasteiger partial charge in [-0.15, -0.1) is 0 Å². The molecule has 0 amide bonds. The quantitative estimate of drug-likeness (QED) is 0.792. The average Bonchev–Trinajstić information content (AvgIpc) is 2.41. The van der Waals surface area contributed by atoms with Crippen LogP contribution in [0.25, 0.3) is 0 Å². The molecule has 2 aliphatic rings. The number of likely N-dealkylation sites (tertiary alicyclic amines) is 1. The second-order valence-electron chi connectivity index (χ2n) is 5.98. The van der Waals surface area contributed by atoms with Crippen LogP contribution in [0.5, 0.6) is 0 Å². The molecule has 0 spiro atoms. The molecule has 0 aromatic carbocycles. The van der Waals surface area contributed by atoms with Crippen LogP contribution in [0.2, 0.25) is 0 Å². The molecule has 0 atom stereocenters. The zero-order chi connectivity index (χ0) is 11.9. The second kappa shape index (κ2) is 7.38. The van der Waals surface area contributed by atoms with Crippen LogP contribution in [0.3, 0.4) is 0 Å². The summed E-state index contributed by atoms with van der Waals surface area (Å²) < 4.78 is 0. The van der Waals surface area contributed by atoms with Gasteiger partial charge in [0.25, 0.3) is 0 Å². The van der Waals surface area contributed by atoms with Crippen LogP contribution >= 0.6 is 0 Å². The van der Waals surface area contributed by atoms with E-state index in [0.29, 0.717) is 0 Å². The fourth-order valence-corrected chi connectivity index (χ4v) is 3.35. The maximum absolute atomic E-state index is 3.75. The van der Waals surface area contributed by atoms with Gasteiger partial charge < -0.3 is 10.2 Å². The van der Waals surface area contributed by atoms with Gasteiger partial charge in [0.05, 0.1) is 0 Å². The van der Waals surface area contributed by atoms with Gasteiger partial charge in [-0.2, -0.15) is 0 Å². The van der Waals surface area contributed by atoms with E-state index in [1.807, 2.05) is 0 Å². The maximum Gasteiger partial charge on any atom is 0.0107 e. The van der Waals surface area contributed by atoms with E-state index in [1.165, 1.54) is 77.5 Å². The molecule has 0 bridgehead atoms. The highest BCUT2D eigenvalue weighted by Gasteiger charge is 2.18. The molecule has 2 heteroatoms. The molecule has 0 radical (unpaired) electrons. The minimum absolute atomic E-state index is 0.830. The average molecular weight is 238 g/mol.